The van der Waals surface area contributed by atoms with Crippen LogP contribution < -0.4 is 10.1 Å². The minimum Gasteiger partial charge on any atom is -0.493 e. The molecule has 0 aromatic heterocycles. The molecule has 0 radical (unpaired) electrons. The normalized spacial score (nSPS) is 20.1. The lowest BCUT2D eigenvalue weighted by Gasteiger charge is -2.10. The van der Waals surface area contributed by atoms with Crippen LogP contribution in [0.15, 0.2) is 24.3 Å². The van der Waals surface area contributed by atoms with E-state index < -0.39 is 9.84 Å². The van der Waals surface area contributed by atoms with Crippen molar-refractivity contribution in [2.45, 2.75) is 12.8 Å². The maximum absolute atomic E-state index is 11.7. The van der Waals surface area contributed by atoms with Crippen LogP contribution in [0.3, 0.4) is 0 Å². The molecule has 1 aromatic carbocycles. The van der Waals surface area contributed by atoms with E-state index in [9.17, 15) is 13.2 Å². The van der Waals surface area contributed by atoms with E-state index in [2.05, 4.69) is 5.32 Å². The third-order valence-electron chi connectivity index (χ3n) is 3.31. The average Bonchev–Trinajstić information content (AvgIpc) is 2.76. The minimum absolute atomic E-state index is 0.0350. The van der Waals surface area contributed by atoms with Crippen molar-refractivity contribution in [3.8, 4) is 5.75 Å². The van der Waals surface area contributed by atoms with Crippen LogP contribution in [0.25, 0.3) is 0 Å². The van der Waals surface area contributed by atoms with Crippen molar-refractivity contribution in [3.05, 3.63) is 29.3 Å². The number of carbonyl (C=O) groups is 1. The van der Waals surface area contributed by atoms with Crippen LogP contribution in [0.5, 0.6) is 5.75 Å². The first-order chi connectivity index (χ1) is 9.94. The van der Waals surface area contributed by atoms with Gasteiger partial charge in [0.2, 0.25) is 5.91 Å². The summed E-state index contributed by atoms with van der Waals surface area (Å²) in [5, 5.41) is 3.33. The quantitative estimate of drug-likeness (QED) is 0.860. The van der Waals surface area contributed by atoms with Gasteiger partial charge in [-0.25, -0.2) is 8.42 Å². The van der Waals surface area contributed by atoms with Crippen LogP contribution >= 0.6 is 11.6 Å². The maximum atomic E-state index is 11.7. The molecule has 1 saturated heterocycles. The average molecular weight is 332 g/mol. The third-order valence-corrected chi connectivity index (χ3v) is 5.38. The first-order valence-electron chi connectivity index (χ1n) is 6.80. The fourth-order valence-electron chi connectivity index (χ4n) is 2.20. The molecular weight excluding hydrogens is 314 g/mol. The van der Waals surface area contributed by atoms with Crippen molar-refractivity contribution in [1.82, 2.24) is 5.32 Å². The smallest absolute Gasteiger partial charge is 0.223 e. The number of sulfone groups is 1. The highest BCUT2D eigenvalue weighted by molar-refractivity contribution is 7.91. The fraction of sp³-hybridized carbons (Fsp3) is 0.500. The predicted octanol–water partition coefficient (Wildman–Crippen LogP) is 1.66. The Hall–Kier alpha value is -1.27. The van der Waals surface area contributed by atoms with Gasteiger partial charge in [-0.2, -0.15) is 0 Å². The van der Waals surface area contributed by atoms with Gasteiger partial charge in [-0.3, -0.25) is 4.79 Å². The number of amides is 1. The molecule has 1 atom stereocenters. The summed E-state index contributed by atoms with van der Waals surface area (Å²) in [5.41, 5.74) is 0. The number of carbonyl (C=O) groups excluding carboxylic acids is 1. The number of ether oxygens (including phenoxy) is 1. The molecule has 0 aliphatic carbocycles. The third kappa shape index (κ3) is 5.55. The van der Waals surface area contributed by atoms with E-state index in [1.54, 1.807) is 24.3 Å². The summed E-state index contributed by atoms with van der Waals surface area (Å²) in [4.78, 5) is 11.7. The number of nitrogens with one attached hydrogen (secondary N) is 1. The number of benzene rings is 1. The van der Waals surface area contributed by atoms with Crippen LogP contribution in [0.4, 0.5) is 0 Å². The lowest BCUT2D eigenvalue weighted by molar-refractivity contribution is -0.121. The molecule has 1 amide bonds. The van der Waals surface area contributed by atoms with Crippen molar-refractivity contribution in [3.63, 3.8) is 0 Å². The lowest BCUT2D eigenvalue weighted by Crippen LogP contribution is -2.30. The topological polar surface area (TPSA) is 72.5 Å². The molecule has 1 aliphatic rings. The molecule has 0 bridgehead atoms. The Kier molecular flexibility index (Phi) is 5.47. The Morgan fingerprint density at radius 2 is 2.24 bits per heavy atom. The highest BCUT2D eigenvalue weighted by Crippen LogP contribution is 2.18. The Bertz CT molecular complexity index is 603. The molecule has 1 heterocycles. The Balaban J connectivity index is 1.64. The molecule has 2 rings (SSSR count). The second-order valence-corrected chi connectivity index (χ2v) is 7.79. The van der Waals surface area contributed by atoms with Gasteiger partial charge in [-0.1, -0.05) is 17.7 Å². The van der Waals surface area contributed by atoms with Crippen LogP contribution in [-0.2, 0) is 14.6 Å². The van der Waals surface area contributed by atoms with Crippen LogP contribution in [0.2, 0.25) is 5.02 Å². The monoisotopic (exact) mass is 331 g/mol. The SMILES string of the molecule is O=C(CCOc1cccc(Cl)c1)NCC1CCS(=O)(=O)C1. The number of hydrogen-bond donors (Lipinski definition) is 1. The van der Waals surface area contributed by atoms with Crippen molar-refractivity contribution >= 4 is 27.3 Å². The number of halogens is 1. The van der Waals surface area contributed by atoms with E-state index >= 15 is 0 Å². The second-order valence-electron chi connectivity index (χ2n) is 5.13. The molecule has 0 spiro atoms. The summed E-state index contributed by atoms with van der Waals surface area (Å²) in [7, 11) is -2.89. The van der Waals surface area contributed by atoms with Gasteiger partial charge in [0.05, 0.1) is 24.5 Å². The van der Waals surface area contributed by atoms with Crippen LogP contribution in [0.1, 0.15) is 12.8 Å². The maximum Gasteiger partial charge on any atom is 0.223 e. The van der Waals surface area contributed by atoms with E-state index in [0.717, 1.165) is 0 Å². The van der Waals surface area contributed by atoms with E-state index in [-0.39, 0.29) is 36.4 Å². The molecule has 0 saturated carbocycles. The Morgan fingerprint density at radius 1 is 1.43 bits per heavy atom. The van der Waals surface area contributed by atoms with Crippen molar-refractivity contribution in [2.24, 2.45) is 5.92 Å². The van der Waals surface area contributed by atoms with Gasteiger partial charge in [-0.05, 0) is 30.5 Å². The summed E-state index contributed by atoms with van der Waals surface area (Å²) in [6.45, 7) is 0.671. The van der Waals surface area contributed by atoms with E-state index in [4.69, 9.17) is 16.3 Å². The van der Waals surface area contributed by atoms with Crippen molar-refractivity contribution in [1.29, 1.82) is 0 Å². The van der Waals surface area contributed by atoms with Gasteiger partial charge < -0.3 is 10.1 Å². The van der Waals surface area contributed by atoms with E-state index in [0.29, 0.717) is 23.7 Å². The van der Waals surface area contributed by atoms with Gasteiger partial charge >= 0.3 is 0 Å². The van der Waals surface area contributed by atoms with Gasteiger partial charge in [-0.15, -0.1) is 0 Å². The van der Waals surface area contributed by atoms with Crippen LogP contribution in [-0.4, -0.2) is 39.0 Å². The minimum atomic E-state index is -2.89. The molecular formula is C14H18ClNO4S. The molecule has 1 aliphatic heterocycles. The Labute approximate surface area is 129 Å². The van der Waals surface area contributed by atoms with Gasteiger partial charge in [0.15, 0.2) is 9.84 Å². The molecule has 5 nitrogen and oxygen atoms in total. The highest BCUT2D eigenvalue weighted by atomic mass is 35.5. The summed E-state index contributed by atoms with van der Waals surface area (Å²) in [5.74, 6) is 0.920. The first-order valence-corrected chi connectivity index (χ1v) is 9.00. The highest BCUT2D eigenvalue weighted by Gasteiger charge is 2.27. The second kappa shape index (κ2) is 7.13. The summed E-state index contributed by atoms with van der Waals surface area (Å²) in [6.07, 6.45) is 0.855. The number of hydrogen-bond acceptors (Lipinski definition) is 4. The van der Waals surface area contributed by atoms with Gasteiger partial charge in [0.25, 0.3) is 0 Å². The number of rotatable bonds is 6. The molecule has 1 aromatic rings. The van der Waals surface area contributed by atoms with Crippen LogP contribution in [0, 0.1) is 5.92 Å². The molecule has 1 unspecified atom stereocenters. The zero-order valence-electron chi connectivity index (χ0n) is 11.5. The predicted molar refractivity (Wildman–Crippen MR) is 81.3 cm³/mol. The summed E-state index contributed by atoms with van der Waals surface area (Å²) >= 11 is 5.82. The van der Waals surface area contributed by atoms with Crippen molar-refractivity contribution < 1.29 is 17.9 Å². The lowest BCUT2D eigenvalue weighted by atomic mass is 10.1. The molecule has 116 valence electrons. The standard InChI is InChI=1S/C14H18ClNO4S/c15-12-2-1-3-13(8-12)20-6-4-14(17)16-9-11-5-7-21(18,19)10-11/h1-3,8,11H,4-7,9-10H2,(H,16,17). The van der Waals surface area contributed by atoms with Gasteiger partial charge in [0.1, 0.15) is 5.75 Å². The zero-order chi connectivity index (χ0) is 15.3. The van der Waals surface area contributed by atoms with Crippen molar-refractivity contribution in [2.75, 3.05) is 24.7 Å². The largest absolute Gasteiger partial charge is 0.493 e. The molecule has 1 N–H and O–H groups in total. The molecule has 1 fully saturated rings. The molecule has 21 heavy (non-hydrogen) atoms. The van der Waals surface area contributed by atoms with E-state index in [1.807, 2.05) is 0 Å². The summed E-state index contributed by atoms with van der Waals surface area (Å²) in [6, 6.07) is 6.98. The zero-order valence-corrected chi connectivity index (χ0v) is 13.1. The Morgan fingerprint density at radius 3 is 2.90 bits per heavy atom. The van der Waals surface area contributed by atoms with Gasteiger partial charge in [0, 0.05) is 11.6 Å². The fourth-order valence-corrected chi connectivity index (χ4v) is 4.24. The van der Waals surface area contributed by atoms with E-state index in [1.165, 1.54) is 0 Å². The summed E-state index contributed by atoms with van der Waals surface area (Å²) < 4.78 is 28.0. The first kappa shape index (κ1) is 16.1. The molecule has 7 heteroatoms.